The second-order valence-corrected chi connectivity index (χ2v) is 10.4. The van der Waals surface area contributed by atoms with Crippen LogP contribution in [0.5, 0.6) is 17.2 Å². The molecule has 2 N–H and O–H groups in total. The van der Waals surface area contributed by atoms with Crippen LogP contribution in [0.25, 0.3) is 5.76 Å². The van der Waals surface area contributed by atoms with Gasteiger partial charge in [-0.15, -0.1) is 0 Å². The molecule has 1 amide bonds. The summed E-state index contributed by atoms with van der Waals surface area (Å²) in [5.74, 6) is -1.10. The molecule has 0 saturated carbocycles. The van der Waals surface area contributed by atoms with E-state index in [1.807, 2.05) is 50.2 Å². The number of carbonyl (C=O) groups is 2. The molecule has 9 heteroatoms. The highest BCUT2D eigenvalue weighted by Gasteiger charge is 2.46. The molecule has 204 valence electrons. The van der Waals surface area contributed by atoms with Crippen LogP contribution >= 0.6 is 15.9 Å². The van der Waals surface area contributed by atoms with Crippen LogP contribution in [0, 0.1) is 6.92 Å². The highest BCUT2D eigenvalue weighted by Crippen LogP contribution is 2.44. The number of Topliss-reactive ketones (excluding diaryl/α,β-unsaturated/α-hetero) is 1. The molecule has 0 bridgehead atoms. The number of rotatable bonds is 9. The van der Waals surface area contributed by atoms with Crippen LogP contribution < -0.4 is 9.47 Å². The molecule has 1 atom stereocenters. The van der Waals surface area contributed by atoms with Gasteiger partial charge in [0.1, 0.15) is 18.1 Å². The van der Waals surface area contributed by atoms with E-state index in [0.717, 1.165) is 11.1 Å². The van der Waals surface area contributed by atoms with Crippen LogP contribution in [0.3, 0.4) is 0 Å². The van der Waals surface area contributed by atoms with Gasteiger partial charge in [0.2, 0.25) is 0 Å². The van der Waals surface area contributed by atoms with E-state index < -0.39 is 17.7 Å². The van der Waals surface area contributed by atoms with E-state index in [-0.39, 0.29) is 29.4 Å². The summed E-state index contributed by atoms with van der Waals surface area (Å²) in [6, 6.07) is 17.0. The van der Waals surface area contributed by atoms with Crippen LogP contribution in [-0.4, -0.2) is 66.0 Å². The molecule has 1 saturated heterocycles. The number of nitrogens with zero attached hydrogens (tertiary/aromatic N) is 2. The average molecular weight is 595 g/mol. The first-order valence-corrected chi connectivity index (χ1v) is 13.2. The van der Waals surface area contributed by atoms with Gasteiger partial charge < -0.3 is 29.5 Å². The number of methoxy groups -OCH3 is 1. The average Bonchev–Trinajstić information content (AvgIpc) is 3.17. The Kier molecular flexibility index (Phi) is 8.62. The summed E-state index contributed by atoms with van der Waals surface area (Å²) in [6.07, 6.45) is 0. The molecule has 0 aliphatic carbocycles. The second-order valence-electron chi connectivity index (χ2n) is 9.59. The van der Waals surface area contributed by atoms with Gasteiger partial charge in [-0.25, -0.2) is 0 Å². The summed E-state index contributed by atoms with van der Waals surface area (Å²) in [5.41, 5.74) is 3.04. The summed E-state index contributed by atoms with van der Waals surface area (Å²) in [5, 5.41) is 21.7. The van der Waals surface area contributed by atoms with Gasteiger partial charge in [-0.2, -0.15) is 0 Å². The number of amides is 1. The molecule has 1 aliphatic heterocycles. The molecule has 0 aromatic heterocycles. The number of benzene rings is 3. The van der Waals surface area contributed by atoms with Crippen molar-refractivity contribution in [2.24, 2.45) is 0 Å². The number of halogens is 1. The van der Waals surface area contributed by atoms with Crippen LogP contribution in [0.1, 0.15) is 28.3 Å². The Bertz CT molecular complexity index is 1420. The zero-order valence-electron chi connectivity index (χ0n) is 22.3. The van der Waals surface area contributed by atoms with E-state index in [9.17, 15) is 19.8 Å². The van der Waals surface area contributed by atoms with Crippen LogP contribution in [0.15, 0.2) is 70.7 Å². The molecule has 3 aromatic rings. The Balaban J connectivity index is 1.71. The lowest BCUT2D eigenvalue weighted by Crippen LogP contribution is -2.35. The molecule has 4 rings (SSSR count). The summed E-state index contributed by atoms with van der Waals surface area (Å²) in [4.78, 5) is 29.8. The number of aliphatic hydroxyl groups excluding tert-OH is 1. The number of ketones is 1. The number of phenols is 1. The molecule has 1 aliphatic rings. The number of hydrogen-bond donors (Lipinski definition) is 2. The van der Waals surface area contributed by atoms with Crippen molar-refractivity contribution in [2.75, 3.05) is 34.3 Å². The Morgan fingerprint density at radius 2 is 1.77 bits per heavy atom. The monoisotopic (exact) mass is 594 g/mol. The molecule has 0 spiro atoms. The van der Waals surface area contributed by atoms with Gasteiger partial charge in [-0.05, 0) is 90.0 Å². The lowest BCUT2D eigenvalue weighted by atomic mass is 9.95. The molecular formula is C30H31BrN2O6. The summed E-state index contributed by atoms with van der Waals surface area (Å²) < 4.78 is 11.5. The lowest BCUT2D eigenvalue weighted by molar-refractivity contribution is -0.140. The minimum atomic E-state index is -0.882. The molecular weight excluding hydrogens is 564 g/mol. The van der Waals surface area contributed by atoms with Gasteiger partial charge in [-0.3, -0.25) is 9.59 Å². The van der Waals surface area contributed by atoms with Crippen molar-refractivity contribution in [1.29, 1.82) is 0 Å². The maximum Gasteiger partial charge on any atom is 0.295 e. The quantitative estimate of drug-likeness (QED) is 0.203. The van der Waals surface area contributed by atoms with E-state index in [0.29, 0.717) is 34.5 Å². The Hall–Kier alpha value is -3.82. The molecule has 3 aromatic carbocycles. The third-order valence-electron chi connectivity index (χ3n) is 6.70. The largest absolute Gasteiger partial charge is 0.507 e. The number of likely N-dealkylation sites (N-methyl/N-ethyl adjacent to an activating group) is 1. The standard InChI is InChI=1S/C30H31BrN2O6/c1-18-7-5-6-8-20(18)17-39-22-11-9-19(10-12-22)27(34)25-26(21-15-23(31)28(35)24(16-21)38-4)33(14-13-32(2)3)30(37)29(25)36/h5-12,15-16,26,34-35H,13-14,17H2,1-4H3/b27-25+. The lowest BCUT2D eigenvalue weighted by Gasteiger charge is -2.27. The summed E-state index contributed by atoms with van der Waals surface area (Å²) in [7, 11) is 5.15. The number of phenolic OH excluding ortho intramolecular Hbond substituents is 1. The number of ether oxygens (including phenoxy) is 2. The SMILES string of the molecule is COc1cc(C2/C(=C(\O)c3ccc(OCc4ccccc4C)cc3)C(=O)C(=O)N2CCN(C)C)cc(Br)c1O. The first-order chi connectivity index (χ1) is 18.6. The normalized spacial score (nSPS) is 16.7. The zero-order chi connectivity index (χ0) is 28.3. The molecule has 0 radical (unpaired) electrons. The molecule has 1 heterocycles. The number of hydrogen-bond acceptors (Lipinski definition) is 7. The fourth-order valence-electron chi connectivity index (χ4n) is 4.47. The van der Waals surface area contributed by atoms with E-state index in [4.69, 9.17) is 9.47 Å². The Morgan fingerprint density at radius 1 is 1.08 bits per heavy atom. The van der Waals surface area contributed by atoms with Gasteiger partial charge in [0.15, 0.2) is 11.5 Å². The van der Waals surface area contributed by atoms with Crippen LogP contribution in [0.4, 0.5) is 0 Å². The maximum absolute atomic E-state index is 13.3. The fraction of sp³-hybridized carbons (Fsp3) is 0.267. The van der Waals surface area contributed by atoms with Crippen molar-refractivity contribution in [2.45, 2.75) is 19.6 Å². The van der Waals surface area contributed by atoms with Crippen molar-refractivity contribution >= 4 is 33.4 Å². The Labute approximate surface area is 236 Å². The van der Waals surface area contributed by atoms with Crippen molar-refractivity contribution < 1.29 is 29.3 Å². The predicted octanol–water partition coefficient (Wildman–Crippen LogP) is 5.03. The number of aliphatic hydroxyl groups is 1. The fourth-order valence-corrected chi connectivity index (χ4v) is 4.93. The second kappa shape index (κ2) is 11.9. The Morgan fingerprint density at radius 3 is 2.41 bits per heavy atom. The molecule has 1 unspecified atom stereocenters. The predicted molar refractivity (Wildman–Crippen MR) is 152 cm³/mol. The van der Waals surface area contributed by atoms with Crippen molar-refractivity contribution in [3.05, 3.63) is 93.0 Å². The van der Waals surface area contributed by atoms with Crippen LogP contribution in [0.2, 0.25) is 0 Å². The topological polar surface area (TPSA) is 99.5 Å². The maximum atomic E-state index is 13.3. The minimum Gasteiger partial charge on any atom is -0.507 e. The summed E-state index contributed by atoms with van der Waals surface area (Å²) >= 11 is 3.32. The van der Waals surface area contributed by atoms with Crippen molar-refractivity contribution in [3.8, 4) is 17.2 Å². The van der Waals surface area contributed by atoms with E-state index in [2.05, 4.69) is 15.9 Å². The summed E-state index contributed by atoms with van der Waals surface area (Å²) in [6.45, 7) is 3.18. The number of aryl methyl sites for hydroxylation is 1. The van der Waals surface area contributed by atoms with E-state index in [1.165, 1.54) is 12.0 Å². The van der Waals surface area contributed by atoms with E-state index >= 15 is 0 Å². The number of carbonyl (C=O) groups excluding carboxylic acids is 2. The molecule has 39 heavy (non-hydrogen) atoms. The third kappa shape index (κ3) is 5.94. The minimum absolute atomic E-state index is 0.0352. The van der Waals surface area contributed by atoms with Gasteiger partial charge in [0.05, 0.1) is 23.2 Å². The third-order valence-corrected chi connectivity index (χ3v) is 7.30. The first kappa shape index (κ1) is 28.2. The van der Waals surface area contributed by atoms with Gasteiger partial charge in [-0.1, -0.05) is 24.3 Å². The number of likely N-dealkylation sites (tertiary alicyclic amines) is 1. The van der Waals surface area contributed by atoms with E-state index in [1.54, 1.807) is 36.4 Å². The zero-order valence-corrected chi connectivity index (χ0v) is 23.9. The molecule has 8 nitrogen and oxygen atoms in total. The van der Waals surface area contributed by atoms with Gasteiger partial charge >= 0.3 is 0 Å². The highest BCUT2D eigenvalue weighted by molar-refractivity contribution is 9.10. The van der Waals surface area contributed by atoms with Gasteiger partial charge in [0, 0.05) is 18.7 Å². The smallest absolute Gasteiger partial charge is 0.295 e. The molecule has 1 fully saturated rings. The van der Waals surface area contributed by atoms with Crippen molar-refractivity contribution in [3.63, 3.8) is 0 Å². The first-order valence-electron chi connectivity index (χ1n) is 12.4. The number of aromatic hydroxyl groups is 1. The van der Waals surface area contributed by atoms with Crippen LogP contribution in [-0.2, 0) is 16.2 Å². The highest BCUT2D eigenvalue weighted by atomic mass is 79.9. The van der Waals surface area contributed by atoms with Gasteiger partial charge in [0.25, 0.3) is 11.7 Å². The van der Waals surface area contributed by atoms with Crippen molar-refractivity contribution in [1.82, 2.24) is 9.80 Å².